The Morgan fingerprint density at radius 3 is 2.35 bits per heavy atom. The standard InChI is InChI=1S/C32H38N4O3S/c1-25-10-8-15-30(31(25)33-24-26-11-4-2-5-12-26)40(38,39)34-28-18-16-27(17-19-28)32(37)36-21-9-20-35(22-23-36)29-13-6-3-7-14-29/h3,6-8,10,13-19,24,26,34H,2,4-5,9,11-12,20-23H2,1H3. The van der Waals surface area contributed by atoms with Crippen molar-refractivity contribution in [3.8, 4) is 0 Å². The number of aliphatic imine (C=N–C) groups is 1. The molecule has 7 nitrogen and oxygen atoms in total. The number of amides is 1. The minimum Gasteiger partial charge on any atom is -0.370 e. The summed E-state index contributed by atoms with van der Waals surface area (Å²) in [6.07, 6.45) is 8.67. The summed E-state index contributed by atoms with van der Waals surface area (Å²) in [5, 5.41) is 0. The predicted molar refractivity (Wildman–Crippen MR) is 162 cm³/mol. The molecule has 40 heavy (non-hydrogen) atoms. The predicted octanol–water partition coefficient (Wildman–Crippen LogP) is 6.43. The number of benzene rings is 3. The van der Waals surface area contributed by atoms with Crippen molar-refractivity contribution in [2.24, 2.45) is 10.9 Å². The first-order valence-corrected chi connectivity index (χ1v) is 15.7. The molecule has 0 unspecified atom stereocenters. The Morgan fingerprint density at radius 1 is 0.850 bits per heavy atom. The van der Waals surface area contributed by atoms with Crippen LogP contribution < -0.4 is 9.62 Å². The summed E-state index contributed by atoms with van der Waals surface area (Å²) in [5.41, 5.74) is 3.43. The molecule has 1 aliphatic heterocycles. The van der Waals surface area contributed by atoms with Gasteiger partial charge in [0.1, 0.15) is 4.90 Å². The summed E-state index contributed by atoms with van der Waals surface area (Å²) < 4.78 is 29.5. The second-order valence-electron chi connectivity index (χ2n) is 10.7. The van der Waals surface area contributed by atoms with E-state index in [2.05, 4.69) is 26.7 Å². The van der Waals surface area contributed by atoms with E-state index in [1.54, 1.807) is 36.4 Å². The van der Waals surface area contributed by atoms with Gasteiger partial charge in [0.25, 0.3) is 15.9 Å². The number of nitrogens with zero attached hydrogens (tertiary/aromatic N) is 3. The molecule has 0 spiro atoms. The minimum atomic E-state index is -3.87. The Balaban J connectivity index is 1.25. The molecule has 1 aliphatic carbocycles. The second kappa shape index (κ2) is 12.7. The maximum atomic E-state index is 13.4. The van der Waals surface area contributed by atoms with Gasteiger partial charge in [-0.25, -0.2) is 8.42 Å². The minimum absolute atomic E-state index is 0.0395. The number of aryl methyl sites for hydroxylation is 1. The van der Waals surface area contributed by atoms with E-state index in [0.29, 0.717) is 35.9 Å². The van der Waals surface area contributed by atoms with Crippen LogP contribution in [0.2, 0.25) is 0 Å². The van der Waals surface area contributed by atoms with E-state index in [-0.39, 0.29) is 10.8 Å². The van der Waals surface area contributed by atoms with Gasteiger partial charge in [0.15, 0.2) is 0 Å². The number of anilines is 2. The molecule has 1 amide bonds. The summed E-state index contributed by atoms with van der Waals surface area (Å²) in [6.45, 7) is 4.89. The van der Waals surface area contributed by atoms with Crippen molar-refractivity contribution in [1.82, 2.24) is 4.90 Å². The lowest BCUT2D eigenvalue weighted by molar-refractivity contribution is 0.0767. The van der Waals surface area contributed by atoms with Crippen molar-refractivity contribution in [1.29, 1.82) is 0 Å². The quantitative estimate of drug-likeness (QED) is 0.339. The zero-order valence-corrected chi connectivity index (χ0v) is 23.9. The van der Waals surface area contributed by atoms with E-state index < -0.39 is 10.0 Å². The number of hydrogen-bond donors (Lipinski definition) is 1. The molecule has 3 aromatic carbocycles. The molecule has 0 radical (unpaired) electrons. The Hall–Kier alpha value is -3.65. The number of hydrogen-bond acceptors (Lipinski definition) is 5. The van der Waals surface area contributed by atoms with E-state index >= 15 is 0 Å². The van der Waals surface area contributed by atoms with Crippen LogP contribution in [0.1, 0.15) is 54.4 Å². The first kappa shape index (κ1) is 27.9. The third kappa shape index (κ3) is 6.73. The van der Waals surface area contributed by atoms with E-state index in [1.807, 2.05) is 42.3 Å². The second-order valence-corrected chi connectivity index (χ2v) is 12.4. The molecule has 2 aliphatic rings. The van der Waals surface area contributed by atoms with Gasteiger partial charge in [-0.15, -0.1) is 0 Å². The smallest absolute Gasteiger partial charge is 0.264 e. The molecule has 210 valence electrons. The van der Waals surface area contributed by atoms with Crippen molar-refractivity contribution >= 4 is 39.2 Å². The molecule has 1 saturated heterocycles. The largest absolute Gasteiger partial charge is 0.370 e. The van der Waals surface area contributed by atoms with Crippen molar-refractivity contribution in [2.45, 2.75) is 50.3 Å². The molecule has 0 atom stereocenters. The van der Waals surface area contributed by atoms with Crippen LogP contribution >= 0.6 is 0 Å². The van der Waals surface area contributed by atoms with Gasteiger partial charge < -0.3 is 9.80 Å². The summed E-state index contributed by atoms with van der Waals surface area (Å²) in [5.74, 6) is 0.356. The highest BCUT2D eigenvalue weighted by molar-refractivity contribution is 7.92. The van der Waals surface area contributed by atoms with Crippen molar-refractivity contribution in [3.05, 3.63) is 83.9 Å². The molecule has 0 bridgehead atoms. The number of para-hydroxylation sites is 2. The zero-order chi connectivity index (χ0) is 28.0. The Bertz CT molecular complexity index is 1430. The fourth-order valence-corrected chi connectivity index (χ4v) is 6.85. The molecule has 1 N–H and O–H groups in total. The van der Waals surface area contributed by atoms with E-state index in [0.717, 1.165) is 37.9 Å². The van der Waals surface area contributed by atoms with Crippen molar-refractivity contribution < 1.29 is 13.2 Å². The average molecular weight is 559 g/mol. The fraction of sp³-hybridized carbons (Fsp3) is 0.375. The summed E-state index contributed by atoms with van der Waals surface area (Å²) >= 11 is 0. The van der Waals surface area contributed by atoms with Gasteiger partial charge in [-0.2, -0.15) is 0 Å². The van der Waals surface area contributed by atoms with Crippen LogP contribution in [-0.2, 0) is 10.0 Å². The molecule has 3 aromatic rings. The molecule has 2 fully saturated rings. The van der Waals surface area contributed by atoms with Gasteiger partial charge >= 0.3 is 0 Å². The first-order chi connectivity index (χ1) is 19.4. The van der Waals surface area contributed by atoms with Gasteiger partial charge in [0.2, 0.25) is 0 Å². The van der Waals surface area contributed by atoms with Gasteiger partial charge in [-0.3, -0.25) is 14.5 Å². The van der Waals surface area contributed by atoms with Gasteiger partial charge in [0.05, 0.1) is 5.69 Å². The van der Waals surface area contributed by atoms with Gasteiger partial charge in [-0.05, 0) is 80.1 Å². The third-order valence-electron chi connectivity index (χ3n) is 7.84. The Labute approximate surface area is 238 Å². The molecular formula is C32H38N4O3S. The first-order valence-electron chi connectivity index (χ1n) is 14.3. The molecule has 0 aromatic heterocycles. The fourth-order valence-electron chi connectivity index (χ4n) is 5.57. The molecule has 1 saturated carbocycles. The number of rotatable bonds is 7. The molecule has 1 heterocycles. The Morgan fingerprint density at radius 2 is 1.60 bits per heavy atom. The van der Waals surface area contributed by atoms with E-state index in [9.17, 15) is 13.2 Å². The molecule has 5 rings (SSSR count). The van der Waals surface area contributed by atoms with E-state index in [1.165, 1.54) is 24.9 Å². The summed E-state index contributed by atoms with van der Waals surface area (Å²) in [4.78, 5) is 22.3. The average Bonchev–Trinajstić information content (AvgIpc) is 3.24. The maximum Gasteiger partial charge on any atom is 0.264 e. The number of carbonyl (C=O) groups is 1. The monoisotopic (exact) mass is 558 g/mol. The maximum absolute atomic E-state index is 13.4. The van der Waals surface area contributed by atoms with Crippen LogP contribution in [0, 0.1) is 12.8 Å². The Kier molecular flexibility index (Phi) is 8.85. The lowest BCUT2D eigenvalue weighted by Gasteiger charge is -2.23. The lowest BCUT2D eigenvalue weighted by Crippen LogP contribution is -2.35. The summed E-state index contributed by atoms with van der Waals surface area (Å²) in [7, 11) is -3.87. The van der Waals surface area contributed by atoms with Crippen LogP contribution in [0.25, 0.3) is 0 Å². The zero-order valence-electron chi connectivity index (χ0n) is 23.1. The molecular weight excluding hydrogens is 520 g/mol. The highest BCUT2D eigenvalue weighted by atomic mass is 32.2. The van der Waals surface area contributed by atoms with Crippen LogP contribution in [0.15, 0.2) is 82.7 Å². The van der Waals surface area contributed by atoms with Crippen molar-refractivity contribution in [3.63, 3.8) is 0 Å². The number of sulfonamides is 1. The normalized spacial score (nSPS) is 17.1. The van der Waals surface area contributed by atoms with Crippen LogP contribution in [0.4, 0.5) is 17.1 Å². The highest BCUT2D eigenvalue weighted by Crippen LogP contribution is 2.31. The SMILES string of the molecule is Cc1cccc(S(=O)(=O)Nc2ccc(C(=O)N3CCCN(c4ccccc4)CC3)cc2)c1N=CC1CCCCC1. The summed E-state index contributed by atoms with van der Waals surface area (Å²) in [6, 6.07) is 22.2. The number of nitrogens with one attached hydrogen (secondary N) is 1. The van der Waals surface area contributed by atoms with E-state index in [4.69, 9.17) is 0 Å². The van der Waals surface area contributed by atoms with Crippen molar-refractivity contribution in [2.75, 3.05) is 35.8 Å². The van der Waals surface area contributed by atoms with Crippen LogP contribution in [0.5, 0.6) is 0 Å². The van der Waals surface area contributed by atoms with Gasteiger partial charge in [0, 0.05) is 49.3 Å². The highest BCUT2D eigenvalue weighted by Gasteiger charge is 2.23. The van der Waals surface area contributed by atoms with Crippen LogP contribution in [-0.4, -0.2) is 51.6 Å². The number of carbonyl (C=O) groups excluding carboxylic acids is 1. The molecule has 8 heteroatoms. The topological polar surface area (TPSA) is 82.1 Å². The lowest BCUT2D eigenvalue weighted by atomic mass is 9.90. The third-order valence-corrected chi connectivity index (χ3v) is 9.26. The van der Waals surface area contributed by atoms with Gasteiger partial charge in [-0.1, -0.05) is 49.6 Å². The van der Waals surface area contributed by atoms with Crippen LogP contribution in [0.3, 0.4) is 0 Å².